The minimum Gasteiger partial charge on any atom is -0.497 e. The lowest BCUT2D eigenvalue weighted by atomic mass is 10.3. The number of methoxy groups -OCH3 is 1. The van der Waals surface area contributed by atoms with E-state index in [4.69, 9.17) is 11.2 Å². The van der Waals surface area contributed by atoms with Gasteiger partial charge in [-0.2, -0.15) is 0 Å². The van der Waals surface area contributed by atoms with Crippen LogP contribution in [0.4, 0.5) is 5.82 Å². The van der Waals surface area contributed by atoms with E-state index in [1.807, 2.05) is 12.1 Å². The van der Waals surface area contributed by atoms with Gasteiger partial charge in [0.05, 0.1) is 24.7 Å². The van der Waals surface area contributed by atoms with E-state index >= 15 is 0 Å². The largest absolute Gasteiger partial charge is 0.497 e. The molecular formula is C19H15N5O2S. The van der Waals surface area contributed by atoms with Crippen LogP contribution in [0.1, 0.15) is 5.82 Å². The van der Waals surface area contributed by atoms with E-state index in [-0.39, 0.29) is 5.56 Å². The van der Waals surface area contributed by atoms with Crippen LogP contribution in [0.5, 0.6) is 5.75 Å². The van der Waals surface area contributed by atoms with E-state index in [0.717, 1.165) is 11.1 Å². The van der Waals surface area contributed by atoms with E-state index in [9.17, 15) is 4.79 Å². The summed E-state index contributed by atoms with van der Waals surface area (Å²) >= 11 is 1.30. The van der Waals surface area contributed by atoms with Crippen LogP contribution in [0.25, 0.3) is 26.1 Å². The van der Waals surface area contributed by atoms with Crippen molar-refractivity contribution >= 4 is 37.6 Å². The van der Waals surface area contributed by atoms with Crippen LogP contribution >= 0.6 is 11.3 Å². The second-order valence-electron chi connectivity index (χ2n) is 5.75. The van der Waals surface area contributed by atoms with Crippen LogP contribution in [0.2, 0.25) is 0 Å². The monoisotopic (exact) mass is 377 g/mol. The Balaban J connectivity index is 1.94. The van der Waals surface area contributed by atoms with Gasteiger partial charge in [0.1, 0.15) is 38.8 Å². The average Bonchev–Trinajstić information content (AvgIpc) is 3.06. The Morgan fingerprint density at radius 1 is 1.30 bits per heavy atom. The van der Waals surface area contributed by atoms with Gasteiger partial charge in [0.25, 0.3) is 5.56 Å². The predicted octanol–water partition coefficient (Wildman–Crippen LogP) is 2.75. The van der Waals surface area contributed by atoms with E-state index in [0.29, 0.717) is 38.9 Å². The molecule has 0 fully saturated rings. The second kappa shape index (κ2) is 6.70. The number of benzene rings is 1. The fraction of sp³-hybridized carbons (Fsp3) is 0.158. The van der Waals surface area contributed by atoms with Crippen LogP contribution in [0.3, 0.4) is 0 Å². The highest BCUT2D eigenvalue weighted by Gasteiger charge is 2.17. The van der Waals surface area contributed by atoms with Gasteiger partial charge in [-0.05, 0) is 31.2 Å². The number of nitrogens with one attached hydrogen (secondary N) is 1. The van der Waals surface area contributed by atoms with Crippen molar-refractivity contribution in [3.63, 3.8) is 0 Å². The van der Waals surface area contributed by atoms with E-state index < -0.39 is 0 Å². The molecule has 134 valence electrons. The summed E-state index contributed by atoms with van der Waals surface area (Å²) in [6.07, 6.45) is 6.86. The Labute approximate surface area is 158 Å². The van der Waals surface area contributed by atoms with Gasteiger partial charge in [-0.1, -0.05) is 5.92 Å². The lowest BCUT2D eigenvalue weighted by molar-refractivity contribution is 0.414. The fourth-order valence-electron chi connectivity index (χ4n) is 2.83. The average molecular weight is 377 g/mol. The molecule has 0 bridgehead atoms. The standard InChI is InChI=1S/C19H15N5O2S/c1-4-9-20-17-14-15-16(27-18(14)23-11(2)22-17)19(25)24(10-21-15)12-5-7-13(26-3)8-6-12/h1,5-8,10H,9H2,2-3H3,(H,20,22,23). The van der Waals surface area contributed by atoms with Gasteiger partial charge < -0.3 is 10.1 Å². The Kier molecular flexibility index (Phi) is 4.22. The maximum Gasteiger partial charge on any atom is 0.275 e. The van der Waals surface area contributed by atoms with E-state index in [1.54, 1.807) is 26.2 Å². The first-order valence-electron chi connectivity index (χ1n) is 8.12. The third-order valence-electron chi connectivity index (χ3n) is 4.06. The lowest BCUT2D eigenvalue weighted by Crippen LogP contribution is -2.17. The molecule has 0 spiro atoms. The zero-order chi connectivity index (χ0) is 19.0. The molecule has 27 heavy (non-hydrogen) atoms. The van der Waals surface area contributed by atoms with Crippen LogP contribution in [0, 0.1) is 19.3 Å². The minimum atomic E-state index is -0.159. The Bertz CT molecular complexity index is 1250. The molecule has 0 atom stereocenters. The molecule has 0 amide bonds. The molecule has 1 aromatic carbocycles. The summed E-state index contributed by atoms with van der Waals surface area (Å²) in [6.45, 7) is 2.12. The number of ether oxygens (including phenoxy) is 1. The Morgan fingerprint density at radius 2 is 2.07 bits per heavy atom. The number of hydrogen-bond acceptors (Lipinski definition) is 7. The number of hydrogen-bond donors (Lipinski definition) is 1. The number of anilines is 1. The van der Waals surface area contributed by atoms with Crippen molar-refractivity contribution in [1.82, 2.24) is 19.5 Å². The zero-order valence-corrected chi connectivity index (χ0v) is 15.5. The molecular weight excluding hydrogens is 362 g/mol. The minimum absolute atomic E-state index is 0.159. The van der Waals surface area contributed by atoms with Crippen molar-refractivity contribution < 1.29 is 4.74 Å². The van der Waals surface area contributed by atoms with Gasteiger partial charge in [0, 0.05) is 0 Å². The third kappa shape index (κ3) is 2.88. The summed E-state index contributed by atoms with van der Waals surface area (Å²) in [7, 11) is 1.60. The van der Waals surface area contributed by atoms with Crippen LogP contribution in [-0.2, 0) is 0 Å². The van der Waals surface area contributed by atoms with Gasteiger partial charge in [0.2, 0.25) is 0 Å². The molecule has 0 aliphatic carbocycles. The maximum atomic E-state index is 13.1. The Hall–Kier alpha value is -3.44. The van der Waals surface area contributed by atoms with E-state index in [1.165, 1.54) is 22.2 Å². The van der Waals surface area contributed by atoms with Crippen molar-refractivity contribution in [2.45, 2.75) is 6.92 Å². The highest BCUT2D eigenvalue weighted by atomic mass is 32.1. The molecule has 7 nitrogen and oxygen atoms in total. The summed E-state index contributed by atoms with van der Waals surface area (Å²) < 4.78 is 7.19. The molecule has 0 saturated carbocycles. The molecule has 3 aromatic heterocycles. The lowest BCUT2D eigenvalue weighted by Gasteiger charge is -2.07. The van der Waals surface area contributed by atoms with Crippen molar-refractivity contribution in [2.24, 2.45) is 0 Å². The normalized spacial score (nSPS) is 10.9. The predicted molar refractivity (Wildman–Crippen MR) is 107 cm³/mol. The molecule has 4 aromatic rings. The number of fused-ring (bicyclic) bond motifs is 3. The molecule has 0 saturated heterocycles. The quantitative estimate of drug-likeness (QED) is 0.551. The molecule has 0 aliphatic heterocycles. The SMILES string of the molecule is C#CCNc1nc(C)nc2sc3c(=O)n(-c4ccc(OC)cc4)cnc3c12. The summed E-state index contributed by atoms with van der Waals surface area (Å²) in [5, 5.41) is 3.81. The van der Waals surface area contributed by atoms with Crippen LogP contribution in [0.15, 0.2) is 35.4 Å². The van der Waals surface area contributed by atoms with Gasteiger partial charge in [-0.3, -0.25) is 9.36 Å². The van der Waals surface area contributed by atoms with Gasteiger partial charge in [0.15, 0.2) is 0 Å². The highest BCUT2D eigenvalue weighted by molar-refractivity contribution is 7.25. The summed E-state index contributed by atoms with van der Waals surface area (Å²) in [4.78, 5) is 27.2. The van der Waals surface area contributed by atoms with Crippen LogP contribution < -0.4 is 15.6 Å². The maximum absolute atomic E-state index is 13.1. The smallest absolute Gasteiger partial charge is 0.275 e. The fourth-order valence-corrected chi connectivity index (χ4v) is 3.93. The van der Waals surface area contributed by atoms with Crippen molar-refractivity contribution in [1.29, 1.82) is 0 Å². The third-order valence-corrected chi connectivity index (χ3v) is 5.12. The molecule has 1 N–H and O–H groups in total. The van der Waals surface area contributed by atoms with Gasteiger partial charge >= 0.3 is 0 Å². The van der Waals surface area contributed by atoms with Crippen LogP contribution in [-0.4, -0.2) is 33.2 Å². The number of thiophene rings is 1. The molecule has 8 heteroatoms. The number of nitrogens with zero attached hydrogens (tertiary/aromatic N) is 4. The molecule has 0 radical (unpaired) electrons. The highest BCUT2D eigenvalue weighted by Crippen LogP contribution is 2.33. The number of aryl methyl sites for hydroxylation is 1. The summed E-state index contributed by atoms with van der Waals surface area (Å²) in [5.41, 5.74) is 1.12. The second-order valence-corrected chi connectivity index (χ2v) is 6.75. The topological polar surface area (TPSA) is 81.9 Å². The molecule has 4 rings (SSSR count). The Morgan fingerprint density at radius 3 is 2.78 bits per heavy atom. The van der Waals surface area contributed by atoms with E-state index in [2.05, 4.69) is 26.2 Å². The number of terminal acetylenes is 1. The van der Waals surface area contributed by atoms with Crippen molar-refractivity contribution in [3.05, 3.63) is 46.8 Å². The number of aromatic nitrogens is 4. The van der Waals surface area contributed by atoms with Gasteiger partial charge in [-0.25, -0.2) is 15.0 Å². The van der Waals surface area contributed by atoms with Gasteiger partial charge in [-0.15, -0.1) is 17.8 Å². The first-order chi connectivity index (χ1) is 13.1. The summed E-state index contributed by atoms with van der Waals surface area (Å²) in [5.74, 6) is 4.44. The molecule has 0 aliphatic rings. The first kappa shape index (κ1) is 17.0. The molecule has 3 heterocycles. The van der Waals surface area contributed by atoms with Crippen molar-refractivity contribution in [2.75, 3.05) is 19.0 Å². The van der Waals surface area contributed by atoms with Crippen molar-refractivity contribution in [3.8, 4) is 23.8 Å². The summed E-state index contributed by atoms with van der Waals surface area (Å²) in [6, 6.07) is 7.22. The first-order valence-corrected chi connectivity index (χ1v) is 8.94. The zero-order valence-electron chi connectivity index (χ0n) is 14.7. The molecule has 0 unspecified atom stereocenters. The number of rotatable bonds is 4.